The van der Waals surface area contributed by atoms with Gasteiger partial charge in [0.1, 0.15) is 0 Å². The third-order valence-electron chi connectivity index (χ3n) is 2.85. The molecule has 1 heterocycles. The monoisotopic (exact) mass is 295 g/mol. The van der Waals surface area contributed by atoms with E-state index in [1.807, 2.05) is 30.3 Å². The third-order valence-corrected chi connectivity index (χ3v) is 3.37. The quantitative estimate of drug-likeness (QED) is 0.852. The van der Waals surface area contributed by atoms with Crippen molar-refractivity contribution in [2.24, 2.45) is 0 Å². The number of amides is 1. The minimum absolute atomic E-state index is 0.609. The van der Waals surface area contributed by atoms with Crippen LogP contribution in [0.1, 0.15) is 24.8 Å². The van der Waals surface area contributed by atoms with Crippen molar-refractivity contribution in [3.8, 4) is 0 Å². The summed E-state index contributed by atoms with van der Waals surface area (Å²) in [6, 6.07) is 7.87. The van der Waals surface area contributed by atoms with Crippen LogP contribution in [-0.2, 0) is 0 Å². The summed E-state index contributed by atoms with van der Waals surface area (Å²) < 4.78 is 1.03. The maximum Gasteiger partial charge on any atom is 0.411 e. The Morgan fingerprint density at radius 3 is 2.65 bits per heavy atom. The Bertz CT molecular complexity index is 439. The Hall–Kier alpha value is -1.29. The minimum atomic E-state index is -0.854. The van der Waals surface area contributed by atoms with Gasteiger partial charge in [-0.2, -0.15) is 0 Å². The highest BCUT2D eigenvalue weighted by atomic mass is 79.9. The van der Waals surface area contributed by atoms with Crippen molar-refractivity contribution < 1.29 is 9.90 Å². The summed E-state index contributed by atoms with van der Waals surface area (Å²) in [5.74, 6) is 0. The lowest BCUT2D eigenvalue weighted by molar-refractivity contribution is 0.152. The van der Waals surface area contributed by atoms with E-state index in [9.17, 15) is 4.79 Å². The van der Waals surface area contributed by atoms with Crippen LogP contribution in [0.25, 0.3) is 6.08 Å². The van der Waals surface area contributed by atoms with Gasteiger partial charge >= 0.3 is 6.09 Å². The number of carboxylic acid groups (broad SMARTS) is 1. The summed E-state index contributed by atoms with van der Waals surface area (Å²) in [5.41, 5.74) is 1.93. The Morgan fingerprint density at radius 2 is 2.00 bits per heavy atom. The van der Waals surface area contributed by atoms with Gasteiger partial charge in [-0.1, -0.05) is 28.1 Å². The molecule has 3 nitrogen and oxygen atoms in total. The molecular weight excluding hydrogens is 282 g/mol. The molecule has 0 aromatic heterocycles. The zero-order valence-corrected chi connectivity index (χ0v) is 11.0. The van der Waals surface area contributed by atoms with Gasteiger partial charge in [0, 0.05) is 16.7 Å². The van der Waals surface area contributed by atoms with E-state index in [1.54, 1.807) is 0 Å². The van der Waals surface area contributed by atoms with Gasteiger partial charge in [0.05, 0.1) is 0 Å². The van der Waals surface area contributed by atoms with Gasteiger partial charge in [-0.3, -0.25) is 4.90 Å². The van der Waals surface area contributed by atoms with Crippen molar-refractivity contribution in [3.63, 3.8) is 0 Å². The van der Waals surface area contributed by atoms with Crippen LogP contribution in [-0.4, -0.2) is 22.6 Å². The average Bonchev–Trinajstić information content (AvgIpc) is 2.32. The molecule has 0 aliphatic carbocycles. The Kier molecular flexibility index (Phi) is 3.84. The second-order valence-electron chi connectivity index (χ2n) is 4.08. The number of nitrogens with zero attached hydrogens (tertiary/aromatic N) is 1. The molecule has 17 heavy (non-hydrogen) atoms. The summed E-state index contributed by atoms with van der Waals surface area (Å²) in [7, 11) is 0. The molecule has 1 aromatic carbocycles. The molecular formula is C13H14BrNO2. The SMILES string of the molecule is O=C(O)N1CCCCC1=Cc1ccc(Br)cc1. The number of benzene rings is 1. The van der Waals surface area contributed by atoms with Crippen molar-refractivity contribution in [1.82, 2.24) is 4.90 Å². The fourth-order valence-corrected chi connectivity index (χ4v) is 2.24. The van der Waals surface area contributed by atoms with E-state index in [0.29, 0.717) is 6.54 Å². The zero-order valence-electron chi connectivity index (χ0n) is 9.40. The molecule has 1 saturated heterocycles. The first-order valence-electron chi connectivity index (χ1n) is 5.63. The number of piperidine rings is 1. The number of rotatable bonds is 1. The molecule has 1 amide bonds. The molecule has 0 bridgehead atoms. The summed E-state index contributed by atoms with van der Waals surface area (Å²) in [5, 5.41) is 9.11. The Morgan fingerprint density at radius 1 is 1.29 bits per heavy atom. The minimum Gasteiger partial charge on any atom is -0.465 e. The van der Waals surface area contributed by atoms with Gasteiger partial charge < -0.3 is 5.11 Å². The smallest absolute Gasteiger partial charge is 0.411 e. The molecule has 90 valence electrons. The van der Waals surface area contributed by atoms with Crippen molar-refractivity contribution in [1.29, 1.82) is 0 Å². The first kappa shape index (κ1) is 12.2. The van der Waals surface area contributed by atoms with Crippen molar-refractivity contribution in [2.75, 3.05) is 6.54 Å². The summed E-state index contributed by atoms with van der Waals surface area (Å²) in [6.07, 6.45) is 3.95. The molecule has 1 aliphatic heterocycles. The topological polar surface area (TPSA) is 40.5 Å². The number of halogens is 1. The number of carbonyl (C=O) groups is 1. The highest BCUT2D eigenvalue weighted by molar-refractivity contribution is 9.10. The van der Waals surface area contributed by atoms with Crippen molar-refractivity contribution in [2.45, 2.75) is 19.3 Å². The lowest BCUT2D eigenvalue weighted by Crippen LogP contribution is -2.32. The number of likely N-dealkylation sites (tertiary alicyclic amines) is 1. The van der Waals surface area contributed by atoms with Crippen molar-refractivity contribution in [3.05, 3.63) is 40.0 Å². The van der Waals surface area contributed by atoms with E-state index in [4.69, 9.17) is 5.11 Å². The molecule has 0 saturated carbocycles. The Balaban J connectivity index is 2.23. The molecule has 1 aliphatic rings. The fourth-order valence-electron chi connectivity index (χ4n) is 1.97. The molecule has 1 N–H and O–H groups in total. The fraction of sp³-hybridized carbons (Fsp3) is 0.308. The van der Waals surface area contributed by atoms with Crippen molar-refractivity contribution >= 4 is 28.1 Å². The summed E-state index contributed by atoms with van der Waals surface area (Å²) in [6.45, 7) is 0.609. The largest absolute Gasteiger partial charge is 0.465 e. The van der Waals surface area contributed by atoms with E-state index in [0.717, 1.165) is 35.0 Å². The predicted molar refractivity (Wildman–Crippen MR) is 70.7 cm³/mol. The van der Waals surface area contributed by atoms with Gasteiger partial charge in [-0.25, -0.2) is 4.79 Å². The van der Waals surface area contributed by atoms with E-state index in [2.05, 4.69) is 15.9 Å². The van der Waals surface area contributed by atoms with Crippen LogP contribution < -0.4 is 0 Å². The first-order valence-corrected chi connectivity index (χ1v) is 6.43. The summed E-state index contributed by atoms with van der Waals surface area (Å²) in [4.78, 5) is 12.5. The van der Waals surface area contributed by atoms with E-state index >= 15 is 0 Å². The number of hydrogen-bond donors (Lipinski definition) is 1. The standard InChI is InChI=1S/C13H14BrNO2/c14-11-6-4-10(5-7-11)9-12-3-1-2-8-15(12)13(16)17/h4-7,9H,1-3,8H2,(H,16,17). The molecule has 4 heteroatoms. The molecule has 0 atom stereocenters. The summed E-state index contributed by atoms with van der Waals surface area (Å²) >= 11 is 3.38. The zero-order chi connectivity index (χ0) is 12.3. The van der Waals surface area contributed by atoms with Crippen LogP contribution in [0.3, 0.4) is 0 Å². The van der Waals surface area contributed by atoms with E-state index < -0.39 is 6.09 Å². The van der Waals surface area contributed by atoms with Crippen LogP contribution >= 0.6 is 15.9 Å². The third kappa shape index (κ3) is 3.09. The molecule has 1 aromatic rings. The van der Waals surface area contributed by atoms with Gasteiger partial charge in [-0.15, -0.1) is 0 Å². The highest BCUT2D eigenvalue weighted by Gasteiger charge is 2.20. The number of allylic oxidation sites excluding steroid dienone is 1. The second-order valence-corrected chi connectivity index (χ2v) is 4.99. The van der Waals surface area contributed by atoms with Gasteiger partial charge in [0.2, 0.25) is 0 Å². The predicted octanol–water partition coefficient (Wildman–Crippen LogP) is 3.95. The van der Waals surface area contributed by atoms with Crippen LogP contribution in [0.4, 0.5) is 4.79 Å². The first-order chi connectivity index (χ1) is 8.16. The average molecular weight is 296 g/mol. The number of hydrogen-bond acceptors (Lipinski definition) is 1. The molecule has 1 fully saturated rings. The maximum absolute atomic E-state index is 11.1. The Labute approximate surface area is 109 Å². The maximum atomic E-state index is 11.1. The molecule has 0 spiro atoms. The molecule has 2 rings (SSSR count). The highest BCUT2D eigenvalue weighted by Crippen LogP contribution is 2.23. The lowest BCUT2D eigenvalue weighted by Gasteiger charge is -2.27. The van der Waals surface area contributed by atoms with E-state index in [1.165, 1.54) is 4.90 Å². The normalized spacial score (nSPS) is 18.4. The van der Waals surface area contributed by atoms with Crippen LogP contribution in [0.15, 0.2) is 34.4 Å². The lowest BCUT2D eigenvalue weighted by atomic mass is 10.1. The van der Waals surface area contributed by atoms with Gasteiger partial charge in [0.25, 0.3) is 0 Å². The van der Waals surface area contributed by atoms with E-state index in [-0.39, 0.29) is 0 Å². The molecule has 0 unspecified atom stereocenters. The second kappa shape index (κ2) is 5.36. The van der Waals surface area contributed by atoms with Crippen LogP contribution in [0, 0.1) is 0 Å². The molecule has 0 radical (unpaired) electrons. The van der Waals surface area contributed by atoms with Gasteiger partial charge in [-0.05, 0) is 43.0 Å². The van der Waals surface area contributed by atoms with Crippen LogP contribution in [0.2, 0.25) is 0 Å². The van der Waals surface area contributed by atoms with Gasteiger partial charge in [0.15, 0.2) is 0 Å². The van der Waals surface area contributed by atoms with Crippen LogP contribution in [0.5, 0.6) is 0 Å².